The van der Waals surface area contributed by atoms with Crippen LogP contribution in [0.15, 0.2) is 92.9 Å². The Morgan fingerprint density at radius 1 is 0.347 bits per heavy atom. The van der Waals surface area contributed by atoms with Crippen LogP contribution >= 0.6 is 0 Å². The van der Waals surface area contributed by atoms with Gasteiger partial charge in [0.15, 0.2) is 39.7 Å². The average Bonchev–Trinajstić information content (AvgIpc) is 1.59. The summed E-state index contributed by atoms with van der Waals surface area (Å²) in [7, 11) is -7.91. The number of methoxy groups -OCH3 is 2. The van der Waals surface area contributed by atoms with Gasteiger partial charge in [0.25, 0.3) is 0 Å². The molecule has 4 aliphatic rings. The summed E-state index contributed by atoms with van der Waals surface area (Å²) in [4.78, 5) is 51.5. The lowest BCUT2D eigenvalue weighted by Gasteiger charge is -2.24. The summed E-state index contributed by atoms with van der Waals surface area (Å²) in [5.41, 5.74) is 15.2. The second-order valence-corrected chi connectivity index (χ2v) is 40.9. The number of likely N-dealkylation sites (N-methyl/N-ethyl adjacent to an activating group) is 2. The van der Waals surface area contributed by atoms with E-state index < -0.39 is 63.8 Å². The Labute approximate surface area is 729 Å². The predicted octanol–water partition coefficient (Wildman–Crippen LogP) is 15.1. The first-order chi connectivity index (χ1) is 58.1. The molecule has 0 aliphatic carbocycles. The number of fused-ring (bicyclic) bond motifs is 4. The summed E-state index contributed by atoms with van der Waals surface area (Å²) in [5, 5.41) is 34.2. The molecule has 40 heteroatoms. The number of rotatable bonds is 24. The van der Waals surface area contributed by atoms with Crippen molar-refractivity contribution < 1.29 is 64.4 Å². The molecule has 4 aromatic carbocycles. The first-order valence-electron chi connectivity index (χ1n) is 41.3. The number of aryl methyl sites for hydroxylation is 4. The number of nitrogens with zero attached hydrogens (tertiary/aromatic N) is 8. The summed E-state index contributed by atoms with van der Waals surface area (Å²) in [6.07, 6.45) is 4.90. The lowest BCUT2D eigenvalue weighted by atomic mass is 9.90. The highest BCUT2D eigenvalue weighted by Crippen LogP contribution is 2.40. The summed E-state index contributed by atoms with van der Waals surface area (Å²) in [5.74, 6) is 2.40. The predicted molar refractivity (Wildman–Crippen MR) is 481 cm³/mol. The fourth-order valence-corrected chi connectivity index (χ4v) is 18.7. The molecule has 4 unspecified atom stereocenters. The molecule has 8 heterocycles. The molecule has 4 aliphatic heterocycles. The molecule has 8 aromatic rings. The van der Waals surface area contributed by atoms with E-state index in [1.165, 1.54) is 34.2 Å². The Kier molecular flexibility index (Phi) is 32.0. The minimum Gasteiger partial charge on any atom is -0.475 e. The van der Waals surface area contributed by atoms with Crippen LogP contribution in [-0.4, -0.2) is 159 Å². The van der Waals surface area contributed by atoms with Crippen LogP contribution in [0.1, 0.15) is 225 Å². The van der Waals surface area contributed by atoms with Gasteiger partial charge in [0, 0.05) is 37.0 Å². The Morgan fingerprint density at radius 3 is 0.710 bits per heavy atom. The number of benzene rings is 4. The van der Waals surface area contributed by atoms with E-state index in [9.17, 15) is 36.0 Å². The van der Waals surface area contributed by atoms with Crippen molar-refractivity contribution in [2.24, 2.45) is 0 Å². The molecule has 12 rings (SSSR count). The molecule has 0 spiro atoms. The molecule has 0 saturated carbocycles. The van der Waals surface area contributed by atoms with Crippen LogP contribution < -0.4 is 69.7 Å². The molecule has 680 valence electrons. The van der Waals surface area contributed by atoms with Gasteiger partial charge in [0.2, 0.25) is 23.5 Å². The second-order valence-electron chi connectivity index (χ2n) is 33.9. The maximum Gasteiger partial charge on any atom is 0.331 e. The van der Waals surface area contributed by atoms with Crippen molar-refractivity contribution in [2.45, 2.75) is 256 Å². The number of hydrogen-bond acceptors (Lipinski definition) is 24. The second kappa shape index (κ2) is 40.7. The molecule has 0 bridgehead atoms. The van der Waals surface area contributed by atoms with Crippen molar-refractivity contribution >= 4 is 86.5 Å². The summed E-state index contributed by atoms with van der Waals surface area (Å²) in [6.45, 7) is 44.2. The van der Waals surface area contributed by atoms with E-state index in [-0.39, 0.29) is 128 Å². The van der Waals surface area contributed by atoms with Crippen LogP contribution in [0.4, 0.5) is 41.9 Å². The van der Waals surface area contributed by atoms with Crippen LogP contribution in [-0.2, 0) is 75.3 Å². The molecular weight excluding hydrogens is 1670 g/mol. The normalized spacial score (nSPS) is 17.7. The highest BCUT2D eigenvalue weighted by molar-refractivity contribution is 7.92. The van der Waals surface area contributed by atoms with E-state index in [1.54, 1.807) is 23.6 Å². The summed E-state index contributed by atoms with van der Waals surface area (Å²) >= 11 is 0. The van der Waals surface area contributed by atoms with E-state index in [1.807, 2.05) is 90.3 Å². The zero-order chi connectivity index (χ0) is 91.7. The van der Waals surface area contributed by atoms with Crippen LogP contribution in [0.25, 0.3) is 0 Å². The molecule has 124 heavy (non-hydrogen) atoms. The number of nitrogens with one attached hydrogen (secondary N) is 14. The van der Waals surface area contributed by atoms with Crippen molar-refractivity contribution in [3.05, 3.63) is 140 Å². The van der Waals surface area contributed by atoms with Gasteiger partial charge in [-0.05, 0) is 134 Å². The van der Waals surface area contributed by atoms with Crippen LogP contribution in [0.2, 0.25) is 0 Å². The van der Waals surface area contributed by atoms with Gasteiger partial charge in [0.1, 0.15) is 58.2 Å². The maximum atomic E-state index is 13.1. The average molecular weight is 1800 g/mol. The minimum atomic E-state index is -3.69. The van der Waals surface area contributed by atoms with Gasteiger partial charge < -0.3 is 60.3 Å². The van der Waals surface area contributed by atoms with Gasteiger partial charge in [-0.2, -0.15) is 20.4 Å². The van der Waals surface area contributed by atoms with Crippen molar-refractivity contribution in [3.8, 4) is 23.5 Å². The van der Waals surface area contributed by atoms with Crippen molar-refractivity contribution in [1.82, 2.24) is 68.6 Å². The topological polar surface area (TPSA) is 479 Å². The van der Waals surface area contributed by atoms with Gasteiger partial charge in [-0.15, -0.1) is 0 Å². The van der Waals surface area contributed by atoms with Gasteiger partial charge in [-0.25, -0.2) is 92.7 Å². The maximum absolute atomic E-state index is 13.1. The molecule has 0 radical (unpaired) electrons. The van der Waals surface area contributed by atoms with Crippen LogP contribution in [0, 0.1) is 46.8 Å². The SMILES string of the molecule is CN[C@@H]1COc2c(S(=N)(=O)NC(=O)Nc3c(C(C)C)cc(C)cc3C(C)C)cnn2C1.CN[C@@H]1COc2c(S(=N)(=O)NC(=O)Nc3c(C(C)C)cc(C)cc3C(C)C)cnn2C1.CO[C@@H]1COc2c(S(=N)(=O)NC(=O)Nc3c(C(C)C)cc(C)cc3C(C)C)cnn2C1.CO[C@@H]1COc2c(S(=N)(=O)NC(=O)Nc3c(C(C)C)cc(C)cc3C(C)C)cnn2C1. The fraction of sp³-hybridized carbons (Fsp3) is 0.524. The zero-order valence-electron chi connectivity index (χ0n) is 75.4. The van der Waals surface area contributed by atoms with E-state index in [4.69, 9.17) is 47.5 Å². The van der Waals surface area contributed by atoms with E-state index in [2.05, 4.69) is 182 Å². The third-order valence-corrected chi connectivity index (χ3v) is 26.7. The highest BCUT2D eigenvalue weighted by Gasteiger charge is 2.35. The molecule has 0 saturated heterocycles. The van der Waals surface area contributed by atoms with Gasteiger partial charge in [0.05, 0.1) is 63.1 Å². The number of aromatic nitrogens is 8. The van der Waals surface area contributed by atoms with Crippen molar-refractivity contribution in [1.29, 1.82) is 19.1 Å². The molecular formula is C84H126N22O14S4. The number of ether oxygens (including phenoxy) is 6. The number of anilines is 4. The monoisotopic (exact) mass is 1790 g/mol. The molecule has 14 N–H and O–H groups in total. The first-order valence-corrected chi connectivity index (χ1v) is 47.6. The van der Waals surface area contributed by atoms with Crippen LogP contribution in [0.5, 0.6) is 23.5 Å². The van der Waals surface area contributed by atoms with Crippen LogP contribution in [0.3, 0.4) is 0 Å². The Bertz CT molecular complexity index is 4870. The molecule has 4 aromatic heterocycles. The smallest absolute Gasteiger partial charge is 0.331 e. The zero-order valence-corrected chi connectivity index (χ0v) is 78.7. The number of carbonyl (C=O) groups excluding carboxylic acids is 4. The van der Waals surface area contributed by atoms with Crippen molar-refractivity contribution in [2.75, 3.05) is 76.0 Å². The fourth-order valence-electron chi connectivity index (χ4n) is 14.6. The lowest BCUT2D eigenvalue weighted by molar-refractivity contribution is 0.0165. The first kappa shape index (κ1) is 97.4. The number of amides is 8. The van der Waals surface area contributed by atoms with Gasteiger partial charge in [-0.3, -0.25) is 0 Å². The quantitative estimate of drug-likeness (QED) is 0.0267. The third-order valence-electron chi connectivity index (χ3n) is 21.2. The molecule has 8 amide bonds. The van der Waals surface area contributed by atoms with Gasteiger partial charge in [-0.1, -0.05) is 182 Å². The Morgan fingerprint density at radius 2 is 0.532 bits per heavy atom. The Balaban J connectivity index is 0.000000187. The van der Waals surface area contributed by atoms with Gasteiger partial charge >= 0.3 is 24.1 Å². The Hall–Kier alpha value is -10.4. The number of urea groups is 4. The van der Waals surface area contributed by atoms with E-state index in [0.29, 0.717) is 62.1 Å². The van der Waals surface area contributed by atoms with Crippen molar-refractivity contribution in [3.63, 3.8) is 0 Å². The van der Waals surface area contributed by atoms with E-state index in [0.717, 1.165) is 66.8 Å². The molecule has 36 nitrogen and oxygen atoms in total. The number of carbonyl (C=O) groups is 4. The number of hydrogen-bond donors (Lipinski definition) is 14. The minimum absolute atomic E-state index is 0.0364. The highest BCUT2D eigenvalue weighted by atomic mass is 32.2. The largest absolute Gasteiger partial charge is 0.475 e. The molecule has 8 atom stereocenters. The lowest BCUT2D eigenvalue weighted by Crippen LogP contribution is -2.40. The molecule has 0 fully saturated rings. The third kappa shape index (κ3) is 23.4. The van der Waals surface area contributed by atoms with E-state index >= 15 is 0 Å². The standard InChI is InChI=1S/2C21H32N6O3S.2C21H31N5O4S/c2*1-12(2)16-7-14(5)8-17(13(3)4)19(16)25-21(28)26-31(22,29)18-9-24-27-10-15(23-6)11-30-20(18)27;2*1-12(2)16-7-14(5)8-17(13(3)4)19(16)24-21(27)25-31(22,28)18-9-23-26-10-15(29-6)11-30-20(18)26/h2*7-9,12-13,15,23H,10-11H2,1-6H3,(H3,22,25,26,28,29);2*7-9,12-13,15H,10-11H2,1-6H3,(H3,22,24,25,27,28)/t4*15-,31?/m0000/s1. The summed E-state index contributed by atoms with van der Waals surface area (Å²) in [6, 6.07) is 13.7. The summed E-state index contributed by atoms with van der Waals surface area (Å²) < 4.78 is 134.